The fourth-order valence-corrected chi connectivity index (χ4v) is 3.38. The number of amides is 1. The van der Waals surface area contributed by atoms with Crippen LogP contribution in [0.15, 0.2) is 48.5 Å². The number of carbonyl (C=O) groups excluding carboxylic acids is 2. The molecule has 1 amide bonds. The van der Waals surface area contributed by atoms with E-state index >= 15 is 0 Å². The first-order valence-corrected chi connectivity index (χ1v) is 8.77. The minimum absolute atomic E-state index is 0.230. The van der Waals surface area contributed by atoms with Crippen molar-refractivity contribution < 1.29 is 14.7 Å². The van der Waals surface area contributed by atoms with Gasteiger partial charge >= 0.3 is 0 Å². The maximum absolute atomic E-state index is 12.9. The van der Waals surface area contributed by atoms with Crippen LogP contribution < -0.4 is 4.90 Å². The number of aryl methyl sites for hydroxylation is 1. The number of rotatable bonds is 6. The molecular weight excluding hydrogens is 314 g/mol. The Kier molecular flexibility index (Phi) is 4.73. The number of ketones is 1. The van der Waals surface area contributed by atoms with Gasteiger partial charge in [0.2, 0.25) is 0 Å². The minimum Gasteiger partial charge on any atom is -0.375 e. The second kappa shape index (κ2) is 6.81. The van der Waals surface area contributed by atoms with Crippen LogP contribution in [0.3, 0.4) is 0 Å². The van der Waals surface area contributed by atoms with Crippen LogP contribution >= 0.6 is 0 Å². The summed E-state index contributed by atoms with van der Waals surface area (Å²) in [6.07, 6.45) is 1.44. The van der Waals surface area contributed by atoms with Crippen molar-refractivity contribution in [3.05, 3.63) is 65.2 Å². The molecule has 0 spiro atoms. The summed E-state index contributed by atoms with van der Waals surface area (Å²) >= 11 is 0. The molecule has 0 aromatic heterocycles. The van der Waals surface area contributed by atoms with Gasteiger partial charge in [-0.3, -0.25) is 9.59 Å². The molecule has 0 bridgehead atoms. The Hall–Kier alpha value is -2.46. The second-order valence-corrected chi connectivity index (χ2v) is 6.48. The Morgan fingerprint density at radius 1 is 1.08 bits per heavy atom. The number of carbonyl (C=O) groups is 2. The molecular formula is C21H23NO3. The molecule has 130 valence electrons. The quantitative estimate of drug-likeness (QED) is 0.821. The van der Waals surface area contributed by atoms with Crippen LogP contribution in [0, 0.1) is 0 Å². The van der Waals surface area contributed by atoms with Crippen LogP contribution in [0.5, 0.6) is 0 Å². The zero-order chi connectivity index (χ0) is 18.0. The van der Waals surface area contributed by atoms with E-state index in [-0.39, 0.29) is 12.2 Å². The normalized spacial score (nSPS) is 19.2. The molecule has 25 heavy (non-hydrogen) atoms. The van der Waals surface area contributed by atoms with Gasteiger partial charge in [-0.2, -0.15) is 0 Å². The van der Waals surface area contributed by atoms with Crippen molar-refractivity contribution in [2.75, 3.05) is 11.4 Å². The van der Waals surface area contributed by atoms with Crippen molar-refractivity contribution in [1.29, 1.82) is 0 Å². The Morgan fingerprint density at radius 2 is 1.76 bits per heavy atom. The van der Waals surface area contributed by atoms with Crippen molar-refractivity contribution in [2.45, 2.75) is 38.7 Å². The molecule has 1 heterocycles. The molecule has 3 rings (SSSR count). The van der Waals surface area contributed by atoms with Crippen LogP contribution in [0.2, 0.25) is 0 Å². The summed E-state index contributed by atoms with van der Waals surface area (Å²) in [4.78, 5) is 27.1. The highest BCUT2D eigenvalue weighted by atomic mass is 16.3. The number of aliphatic hydroxyl groups is 1. The first-order chi connectivity index (χ1) is 12.0. The first kappa shape index (κ1) is 17.4. The average Bonchev–Trinajstić information content (AvgIpc) is 2.84. The van der Waals surface area contributed by atoms with Crippen molar-refractivity contribution in [3.8, 4) is 0 Å². The van der Waals surface area contributed by atoms with E-state index in [1.165, 1.54) is 0 Å². The maximum Gasteiger partial charge on any atom is 0.264 e. The molecule has 4 heteroatoms. The molecule has 1 N–H and O–H groups in total. The summed E-state index contributed by atoms with van der Waals surface area (Å²) in [6.45, 7) is 4.56. The molecule has 0 fully saturated rings. The van der Waals surface area contributed by atoms with E-state index in [9.17, 15) is 14.7 Å². The molecule has 0 aliphatic carbocycles. The fraction of sp³-hybridized carbons (Fsp3) is 0.333. The Bertz CT molecular complexity index is 797. The Balaban J connectivity index is 1.92. The maximum atomic E-state index is 12.9. The summed E-state index contributed by atoms with van der Waals surface area (Å²) in [5.74, 6) is -0.638. The van der Waals surface area contributed by atoms with E-state index in [2.05, 4.69) is 6.92 Å². The van der Waals surface area contributed by atoms with Gasteiger partial charge in [0.15, 0.2) is 11.4 Å². The number of fused-ring (bicyclic) bond motifs is 1. The third kappa shape index (κ3) is 2.98. The van der Waals surface area contributed by atoms with Gasteiger partial charge in [0.1, 0.15) is 0 Å². The number of para-hydroxylation sites is 1. The summed E-state index contributed by atoms with van der Waals surface area (Å²) in [5.41, 5.74) is 1.10. The minimum atomic E-state index is -1.79. The second-order valence-electron chi connectivity index (χ2n) is 6.48. The Morgan fingerprint density at radius 3 is 2.40 bits per heavy atom. The van der Waals surface area contributed by atoms with Crippen molar-refractivity contribution in [1.82, 2.24) is 0 Å². The predicted octanol–water partition coefficient (Wildman–Crippen LogP) is 3.47. The van der Waals surface area contributed by atoms with Crippen molar-refractivity contribution in [3.63, 3.8) is 0 Å². The van der Waals surface area contributed by atoms with Gasteiger partial charge in [-0.05, 0) is 24.5 Å². The summed E-state index contributed by atoms with van der Waals surface area (Å²) < 4.78 is 0. The monoisotopic (exact) mass is 337 g/mol. The molecule has 1 atom stereocenters. The van der Waals surface area contributed by atoms with Gasteiger partial charge in [0.25, 0.3) is 5.91 Å². The molecule has 2 aromatic rings. The van der Waals surface area contributed by atoms with Crippen molar-refractivity contribution >= 4 is 17.4 Å². The van der Waals surface area contributed by atoms with E-state index in [1.807, 2.05) is 31.2 Å². The van der Waals surface area contributed by atoms with Gasteiger partial charge in [-0.15, -0.1) is 0 Å². The molecule has 0 saturated carbocycles. The molecule has 0 radical (unpaired) electrons. The van der Waals surface area contributed by atoms with Gasteiger partial charge in [-0.25, -0.2) is 0 Å². The number of Topliss-reactive ketones (excluding diaryl/α,β-unsaturated/α-hetero) is 1. The summed E-state index contributed by atoms with van der Waals surface area (Å²) in [7, 11) is 0. The number of hydrogen-bond acceptors (Lipinski definition) is 3. The molecule has 2 aromatic carbocycles. The molecule has 1 aliphatic rings. The first-order valence-electron chi connectivity index (χ1n) is 8.77. The van der Waals surface area contributed by atoms with Gasteiger partial charge in [0.05, 0.1) is 12.1 Å². The molecule has 1 unspecified atom stereocenters. The highest BCUT2D eigenvalue weighted by Crippen LogP contribution is 2.42. The predicted molar refractivity (Wildman–Crippen MR) is 97.8 cm³/mol. The van der Waals surface area contributed by atoms with Gasteiger partial charge in [0, 0.05) is 17.7 Å². The lowest BCUT2D eigenvalue weighted by Gasteiger charge is -2.22. The standard InChI is InChI=1S/C21H23NO3/c1-3-13-22-18-8-6-5-7-17(18)21(25,20(22)24)14-19(23)16-11-9-15(4-2)10-12-16/h5-12,25H,3-4,13-14H2,1-2H3. The van der Waals surface area contributed by atoms with Crippen LogP contribution in [0.1, 0.15) is 48.2 Å². The lowest BCUT2D eigenvalue weighted by Crippen LogP contribution is -2.42. The zero-order valence-corrected chi connectivity index (χ0v) is 14.7. The number of anilines is 1. The van der Waals surface area contributed by atoms with E-state index in [1.54, 1.807) is 29.2 Å². The SMILES string of the molecule is CCCN1C(=O)C(O)(CC(=O)c2ccc(CC)cc2)c2ccccc21. The molecule has 4 nitrogen and oxygen atoms in total. The largest absolute Gasteiger partial charge is 0.375 e. The van der Waals surface area contributed by atoms with Crippen LogP contribution in [-0.2, 0) is 16.8 Å². The van der Waals surface area contributed by atoms with E-state index in [4.69, 9.17) is 0 Å². The Labute approximate surface area is 148 Å². The average molecular weight is 337 g/mol. The molecule has 1 aliphatic heterocycles. The molecule has 0 saturated heterocycles. The lowest BCUT2D eigenvalue weighted by atomic mass is 9.88. The van der Waals surface area contributed by atoms with E-state index in [0.717, 1.165) is 18.4 Å². The number of hydrogen-bond donors (Lipinski definition) is 1. The zero-order valence-electron chi connectivity index (χ0n) is 14.7. The summed E-state index contributed by atoms with van der Waals surface area (Å²) in [6, 6.07) is 14.5. The summed E-state index contributed by atoms with van der Waals surface area (Å²) in [5, 5.41) is 11.1. The third-order valence-corrected chi connectivity index (χ3v) is 4.79. The van der Waals surface area contributed by atoms with Crippen molar-refractivity contribution in [2.24, 2.45) is 0 Å². The van der Waals surface area contributed by atoms with Gasteiger partial charge < -0.3 is 10.0 Å². The highest BCUT2D eigenvalue weighted by Gasteiger charge is 2.50. The lowest BCUT2D eigenvalue weighted by molar-refractivity contribution is -0.135. The van der Waals surface area contributed by atoms with Gasteiger partial charge in [-0.1, -0.05) is 56.3 Å². The van der Waals surface area contributed by atoms with Crippen LogP contribution in [-0.4, -0.2) is 23.3 Å². The van der Waals surface area contributed by atoms with E-state index < -0.39 is 11.5 Å². The fourth-order valence-electron chi connectivity index (χ4n) is 3.38. The van der Waals surface area contributed by atoms with E-state index in [0.29, 0.717) is 23.4 Å². The topological polar surface area (TPSA) is 57.6 Å². The smallest absolute Gasteiger partial charge is 0.264 e. The van der Waals surface area contributed by atoms with Crippen LogP contribution in [0.4, 0.5) is 5.69 Å². The third-order valence-electron chi connectivity index (χ3n) is 4.79. The highest BCUT2D eigenvalue weighted by molar-refractivity contribution is 6.10. The number of nitrogens with zero attached hydrogens (tertiary/aromatic N) is 1. The van der Waals surface area contributed by atoms with Crippen LogP contribution in [0.25, 0.3) is 0 Å². The number of benzene rings is 2.